The van der Waals surface area contributed by atoms with Gasteiger partial charge in [-0.25, -0.2) is 18.4 Å². The molecule has 4 rings (SSSR count). The first-order valence-corrected chi connectivity index (χ1v) is 10.9. The maximum Gasteiger partial charge on any atom is 0.345 e. The van der Waals surface area contributed by atoms with Crippen molar-refractivity contribution in [3.8, 4) is 0 Å². The Labute approximate surface area is 174 Å². The molecule has 10 heteroatoms. The quantitative estimate of drug-likeness (QED) is 0.637. The molecule has 0 bridgehead atoms. The molecule has 2 heterocycles. The Morgan fingerprint density at radius 1 is 1.07 bits per heavy atom. The molecule has 1 atom stereocenters. The van der Waals surface area contributed by atoms with Crippen LogP contribution in [0.4, 0.5) is 5.69 Å². The van der Waals surface area contributed by atoms with E-state index >= 15 is 0 Å². The summed E-state index contributed by atoms with van der Waals surface area (Å²) in [6.45, 7) is 1.79. The van der Waals surface area contributed by atoms with Crippen LogP contribution in [0.2, 0.25) is 0 Å². The van der Waals surface area contributed by atoms with E-state index in [0.29, 0.717) is 37.7 Å². The Kier molecular flexibility index (Phi) is 5.35. The number of carboxylic acid groups (broad SMARTS) is 1. The molecule has 30 heavy (non-hydrogen) atoms. The average Bonchev–Trinajstić information content (AvgIpc) is 3.17. The third-order valence-electron chi connectivity index (χ3n) is 5.20. The zero-order chi connectivity index (χ0) is 21.4. The SMILES string of the molecule is NS(=O)(=O)c1ccc(N2NC(C(=O)O)(N3CCOCC3)C=C2c2ccccc2)cc1. The lowest BCUT2D eigenvalue weighted by molar-refractivity contribution is -0.152. The fourth-order valence-corrected chi connectivity index (χ4v) is 4.17. The van der Waals surface area contributed by atoms with Crippen LogP contribution >= 0.6 is 0 Å². The van der Waals surface area contributed by atoms with Crippen molar-refractivity contribution in [2.75, 3.05) is 31.3 Å². The number of hydrogen-bond acceptors (Lipinski definition) is 7. The van der Waals surface area contributed by atoms with E-state index in [1.807, 2.05) is 35.2 Å². The fourth-order valence-electron chi connectivity index (χ4n) is 3.66. The third-order valence-corrected chi connectivity index (χ3v) is 6.13. The van der Waals surface area contributed by atoms with Gasteiger partial charge in [-0.05, 0) is 35.9 Å². The summed E-state index contributed by atoms with van der Waals surface area (Å²) in [6, 6.07) is 15.3. The number of primary sulfonamides is 1. The molecular weight excluding hydrogens is 408 g/mol. The summed E-state index contributed by atoms with van der Waals surface area (Å²) in [4.78, 5) is 14.2. The van der Waals surface area contributed by atoms with E-state index in [-0.39, 0.29) is 4.90 Å². The molecule has 0 aromatic heterocycles. The number of morpholine rings is 1. The molecule has 0 aliphatic carbocycles. The molecule has 2 aromatic rings. The van der Waals surface area contributed by atoms with E-state index in [0.717, 1.165) is 5.56 Å². The van der Waals surface area contributed by atoms with Crippen molar-refractivity contribution in [3.05, 3.63) is 66.2 Å². The number of nitrogens with zero attached hydrogens (tertiary/aromatic N) is 2. The molecule has 158 valence electrons. The minimum Gasteiger partial charge on any atom is -0.479 e. The lowest BCUT2D eigenvalue weighted by Crippen LogP contribution is -2.65. The second-order valence-corrected chi connectivity index (χ2v) is 8.61. The van der Waals surface area contributed by atoms with Crippen molar-refractivity contribution in [3.63, 3.8) is 0 Å². The molecular formula is C20H22N4O5S. The Morgan fingerprint density at radius 2 is 1.70 bits per heavy atom. The molecule has 1 fully saturated rings. The highest BCUT2D eigenvalue weighted by Crippen LogP contribution is 2.35. The van der Waals surface area contributed by atoms with Gasteiger partial charge in [0.15, 0.2) is 0 Å². The molecule has 2 aliphatic rings. The normalized spacial score (nSPS) is 22.7. The largest absolute Gasteiger partial charge is 0.479 e. The zero-order valence-electron chi connectivity index (χ0n) is 16.1. The van der Waals surface area contributed by atoms with E-state index < -0.39 is 21.7 Å². The third kappa shape index (κ3) is 3.71. The average molecular weight is 430 g/mol. The first kappa shape index (κ1) is 20.5. The minimum absolute atomic E-state index is 0.0200. The van der Waals surface area contributed by atoms with Gasteiger partial charge in [0, 0.05) is 13.1 Å². The van der Waals surface area contributed by atoms with Gasteiger partial charge < -0.3 is 9.84 Å². The van der Waals surface area contributed by atoms with Gasteiger partial charge >= 0.3 is 5.97 Å². The first-order valence-electron chi connectivity index (χ1n) is 9.36. The maximum absolute atomic E-state index is 12.5. The van der Waals surface area contributed by atoms with Crippen LogP contribution in [0.1, 0.15) is 5.56 Å². The highest BCUT2D eigenvalue weighted by Gasteiger charge is 2.49. The van der Waals surface area contributed by atoms with Gasteiger partial charge in [0.05, 0.1) is 29.5 Å². The van der Waals surface area contributed by atoms with Crippen molar-refractivity contribution >= 4 is 27.4 Å². The monoisotopic (exact) mass is 430 g/mol. The lowest BCUT2D eigenvalue weighted by Gasteiger charge is -2.39. The molecule has 0 spiro atoms. The summed E-state index contributed by atoms with van der Waals surface area (Å²) in [6.07, 6.45) is 1.68. The van der Waals surface area contributed by atoms with Crippen LogP contribution in [0.15, 0.2) is 65.6 Å². The van der Waals surface area contributed by atoms with Crippen LogP contribution in [0.3, 0.4) is 0 Å². The summed E-state index contributed by atoms with van der Waals surface area (Å²) in [5.74, 6) is -1.04. The number of ether oxygens (including phenoxy) is 1. The smallest absolute Gasteiger partial charge is 0.345 e. The molecule has 2 aliphatic heterocycles. The molecule has 2 aromatic carbocycles. The summed E-state index contributed by atoms with van der Waals surface area (Å²) in [7, 11) is -3.83. The van der Waals surface area contributed by atoms with Crippen LogP contribution < -0.4 is 15.6 Å². The fraction of sp³-hybridized carbons (Fsp3) is 0.250. The van der Waals surface area contributed by atoms with Crippen molar-refractivity contribution < 1.29 is 23.1 Å². The van der Waals surface area contributed by atoms with E-state index in [1.54, 1.807) is 23.2 Å². The van der Waals surface area contributed by atoms with E-state index in [2.05, 4.69) is 5.43 Å². The molecule has 0 radical (unpaired) electrons. The number of sulfonamides is 1. The molecule has 0 amide bonds. The van der Waals surface area contributed by atoms with Crippen LogP contribution in [-0.2, 0) is 19.6 Å². The van der Waals surface area contributed by atoms with Gasteiger partial charge in [0.1, 0.15) is 0 Å². The summed E-state index contributed by atoms with van der Waals surface area (Å²) < 4.78 is 28.6. The standard InChI is InChI=1S/C20H22N4O5S/c21-30(27,28)17-8-6-16(7-9-17)24-18(15-4-2-1-3-5-15)14-20(22-24,19(25)26)23-10-12-29-13-11-23/h1-9,14,22H,10-13H2,(H,25,26)(H2,21,27,28). The van der Waals surface area contributed by atoms with E-state index in [4.69, 9.17) is 9.88 Å². The number of anilines is 1. The minimum atomic E-state index is -3.83. The number of aliphatic carboxylic acids is 1. The molecule has 1 saturated heterocycles. The number of carbonyl (C=O) groups is 1. The highest BCUT2D eigenvalue weighted by molar-refractivity contribution is 7.89. The number of nitrogens with two attached hydrogens (primary N) is 1. The number of benzene rings is 2. The predicted octanol–water partition coefficient (Wildman–Crippen LogP) is 0.813. The van der Waals surface area contributed by atoms with Crippen LogP contribution in [-0.4, -0.2) is 56.4 Å². The van der Waals surface area contributed by atoms with Crippen molar-refractivity contribution in [1.29, 1.82) is 0 Å². The maximum atomic E-state index is 12.5. The Morgan fingerprint density at radius 3 is 2.27 bits per heavy atom. The first-order chi connectivity index (χ1) is 14.3. The Balaban J connectivity index is 1.79. The number of nitrogens with one attached hydrogen (secondary N) is 1. The summed E-state index contributed by atoms with van der Waals surface area (Å²) >= 11 is 0. The van der Waals surface area contributed by atoms with Crippen molar-refractivity contribution in [2.24, 2.45) is 5.14 Å². The highest BCUT2D eigenvalue weighted by atomic mass is 32.2. The Hall–Kier alpha value is -2.76. The predicted molar refractivity (Wildman–Crippen MR) is 111 cm³/mol. The van der Waals surface area contributed by atoms with Gasteiger partial charge in [0.2, 0.25) is 15.7 Å². The van der Waals surface area contributed by atoms with Crippen LogP contribution in [0, 0.1) is 0 Å². The number of rotatable bonds is 5. The van der Waals surface area contributed by atoms with Gasteiger partial charge in [-0.15, -0.1) is 0 Å². The van der Waals surface area contributed by atoms with Gasteiger partial charge in [0.25, 0.3) is 0 Å². The van der Waals surface area contributed by atoms with Crippen molar-refractivity contribution in [1.82, 2.24) is 10.3 Å². The van der Waals surface area contributed by atoms with Crippen LogP contribution in [0.5, 0.6) is 0 Å². The van der Waals surface area contributed by atoms with E-state index in [1.165, 1.54) is 12.1 Å². The number of carboxylic acids is 1. The topological polar surface area (TPSA) is 125 Å². The molecule has 4 N–H and O–H groups in total. The number of hydrogen-bond donors (Lipinski definition) is 3. The van der Waals surface area contributed by atoms with Crippen LogP contribution in [0.25, 0.3) is 5.70 Å². The Bertz CT molecular complexity index is 1070. The molecule has 1 unspecified atom stereocenters. The van der Waals surface area contributed by atoms with E-state index in [9.17, 15) is 18.3 Å². The van der Waals surface area contributed by atoms with Gasteiger partial charge in [-0.2, -0.15) is 5.43 Å². The lowest BCUT2D eigenvalue weighted by atomic mass is 10.0. The van der Waals surface area contributed by atoms with Gasteiger partial charge in [-0.1, -0.05) is 30.3 Å². The molecule has 0 saturated carbocycles. The molecule has 9 nitrogen and oxygen atoms in total. The summed E-state index contributed by atoms with van der Waals surface area (Å²) in [5.41, 5.74) is 3.70. The second kappa shape index (κ2) is 7.82. The second-order valence-electron chi connectivity index (χ2n) is 7.05. The summed E-state index contributed by atoms with van der Waals surface area (Å²) in [5, 5.41) is 17.0. The number of hydrazine groups is 1. The van der Waals surface area contributed by atoms with Gasteiger partial charge in [-0.3, -0.25) is 9.91 Å². The van der Waals surface area contributed by atoms with Crippen molar-refractivity contribution in [2.45, 2.75) is 10.6 Å². The zero-order valence-corrected chi connectivity index (χ0v) is 16.9.